The van der Waals surface area contributed by atoms with E-state index in [9.17, 15) is 10.2 Å². The van der Waals surface area contributed by atoms with E-state index in [1.54, 1.807) is 51.7 Å². The smallest absolute Gasteiger partial charge is 0.160 e. The summed E-state index contributed by atoms with van der Waals surface area (Å²) in [5.41, 5.74) is -0.101. The molecule has 1 unspecified atom stereocenters. The number of aliphatic hydroxyl groups is 2. The van der Waals surface area contributed by atoms with Crippen molar-refractivity contribution in [1.82, 2.24) is 0 Å². The molecule has 1 aliphatic heterocycles. The molecule has 0 amide bonds. The summed E-state index contributed by atoms with van der Waals surface area (Å²) in [6.07, 6.45) is -0.866. The van der Waals surface area contributed by atoms with E-state index >= 15 is 0 Å². The van der Waals surface area contributed by atoms with Gasteiger partial charge in [0.15, 0.2) is 11.5 Å². The number of rotatable bonds is 5. The van der Waals surface area contributed by atoms with Crippen LogP contribution in [0.3, 0.4) is 0 Å². The lowest BCUT2D eigenvalue weighted by atomic mass is 9.84. The van der Waals surface area contributed by atoms with Crippen molar-refractivity contribution in [3.8, 4) is 23.0 Å². The second-order valence-electron chi connectivity index (χ2n) is 6.06. The SMILES string of the molecule is COc1ccc2c(c1)OC[C@](O)(Cc1ccc(OC)c(OC)c1)C2O. The van der Waals surface area contributed by atoms with Crippen LogP contribution >= 0.6 is 0 Å². The Hall–Kier alpha value is -2.44. The first kappa shape index (κ1) is 17.4. The third kappa shape index (κ3) is 3.23. The third-order valence-corrected chi connectivity index (χ3v) is 4.46. The molecule has 0 aliphatic carbocycles. The minimum absolute atomic E-state index is 0.0251. The van der Waals surface area contributed by atoms with Crippen LogP contribution in [0.2, 0.25) is 0 Å². The van der Waals surface area contributed by atoms with Gasteiger partial charge in [-0.2, -0.15) is 0 Å². The molecule has 2 aromatic rings. The Morgan fingerprint density at radius 1 is 1.04 bits per heavy atom. The van der Waals surface area contributed by atoms with E-state index < -0.39 is 11.7 Å². The number of methoxy groups -OCH3 is 3. The Balaban J connectivity index is 1.87. The summed E-state index contributed by atoms with van der Waals surface area (Å²) in [4.78, 5) is 0. The van der Waals surface area contributed by atoms with E-state index in [0.717, 1.165) is 5.56 Å². The number of ether oxygens (including phenoxy) is 4. The summed E-state index contributed by atoms with van der Waals surface area (Å²) in [6.45, 7) is -0.0251. The van der Waals surface area contributed by atoms with Gasteiger partial charge in [0.1, 0.15) is 29.8 Å². The Morgan fingerprint density at radius 3 is 2.48 bits per heavy atom. The molecule has 2 N–H and O–H groups in total. The molecule has 6 heteroatoms. The molecule has 0 fully saturated rings. The molecule has 0 aromatic heterocycles. The third-order valence-electron chi connectivity index (χ3n) is 4.46. The summed E-state index contributed by atoms with van der Waals surface area (Å²) in [5.74, 6) is 2.33. The zero-order chi connectivity index (χ0) is 18.0. The van der Waals surface area contributed by atoms with Crippen LogP contribution < -0.4 is 18.9 Å². The summed E-state index contributed by atoms with van der Waals surface area (Å²) in [6, 6.07) is 10.5. The molecular weight excluding hydrogens is 324 g/mol. The maximum atomic E-state index is 11.0. The van der Waals surface area contributed by atoms with Gasteiger partial charge in [0.05, 0.1) is 21.3 Å². The lowest BCUT2D eigenvalue weighted by Crippen LogP contribution is -2.47. The predicted octanol–water partition coefficient (Wildman–Crippen LogP) is 2.11. The number of aliphatic hydroxyl groups excluding tert-OH is 1. The zero-order valence-electron chi connectivity index (χ0n) is 14.5. The molecule has 0 radical (unpaired) electrons. The van der Waals surface area contributed by atoms with Crippen LogP contribution in [0.5, 0.6) is 23.0 Å². The molecule has 1 heterocycles. The Bertz CT molecular complexity index is 760. The predicted molar refractivity (Wildman–Crippen MR) is 91.6 cm³/mol. The van der Waals surface area contributed by atoms with Gasteiger partial charge in [-0.25, -0.2) is 0 Å². The van der Waals surface area contributed by atoms with E-state index in [1.807, 2.05) is 6.07 Å². The van der Waals surface area contributed by atoms with Gasteiger partial charge in [-0.05, 0) is 29.8 Å². The normalized spacial score (nSPS) is 21.9. The monoisotopic (exact) mass is 346 g/mol. The Labute approximate surface area is 146 Å². The second kappa shape index (κ2) is 6.82. The van der Waals surface area contributed by atoms with Crippen LogP contribution in [0, 0.1) is 0 Å². The van der Waals surface area contributed by atoms with Crippen molar-refractivity contribution in [2.45, 2.75) is 18.1 Å². The van der Waals surface area contributed by atoms with Crippen LogP contribution in [-0.4, -0.2) is 43.8 Å². The molecule has 1 aliphatic rings. The molecule has 2 atom stereocenters. The van der Waals surface area contributed by atoms with Crippen LogP contribution in [0.15, 0.2) is 36.4 Å². The first-order chi connectivity index (χ1) is 12.0. The minimum atomic E-state index is -1.44. The zero-order valence-corrected chi connectivity index (χ0v) is 14.5. The van der Waals surface area contributed by atoms with Gasteiger partial charge < -0.3 is 29.2 Å². The number of benzene rings is 2. The van der Waals surface area contributed by atoms with Crippen molar-refractivity contribution < 1.29 is 29.2 Å². The number of hydrogen-bond acceptors (Lipinski definition) is 6. The lowest BCUT2D eigenvalue weighted by Gasteiger charge is -2.38. The van der Waals surface area contributed by atoms with Gasteiger partial charge >= 0.3 is 0 Å². The highest BCUT2D eigenvalue weighted by Gasteiger charge is 2.42. The molecule has 25 heavy (non-hydrogen) atoms. The van der Waals surface area contributed by atoms with Gasteiger partial charge in [-0.3, -0.25) is 0 Å². The summed E-state index contributed by atoms with van der Waals surface area (Å²) < 4.78 is 21.4. The fourth-order valence-electron chi connectivity index (χ4n) is 3.06. The molecule has 0 bridgehead atoms. The molecule has 0 saturated heterocycles. The summed E-state index contributed by atoms with van der Waals surface area (Å²) in [5, 5.41) is 21.7. The average molecular weight is 346 g/mol. The van der Waals surface area contributed by atoms with Gasteiger partial charge in [-0.15, -0.1) is 0 Å². The molecule has 3 rings (SSSR count). The molecule has 0 spiro atoms. The van der Waals surface area contributed by atoms with Crippen LogP contribution in [-0.2, 0) is 6.42 Å². The van der Waals surface area contributed by atoms with Crippen molar-refractivity contribution >= 4 is 0 Å². The van der Waals surface area contributed by atoms with Crippen molar-refractivity contribution in [2.24, 2.45) is 0 Å². The van der Waals surface area contributed by atoms with Crippen molar-refractivity contribution in [2.75, 3.05) is 27.9 Å². The number of fused-ring (bicyclic) bond motifs is 1. The first-order valence-corrected chi connectivity index (χ1v) is 7.93. The maximum absolute atomic E-state index is 11.0. The maximum Gasteiger partial charge on any atom is 0.160 e. The van der Waals surface area contributed by atoms with Gasteiger partial charge in [0, 0.05) is 18.1 Å². The van der Waals surface area contributed by atoms with Crippen molar-refractivity contribution in [3.63, 3.8) is 0 Å². The summed E-state index contributed by atoms with van der Waals surface area (Å²) >= 11 is 0. The van der Waals surface area contributed by atoms with Gasteiger partial charge in [0.25, 0.3) is 0 Å². The van der Waals surface area contributed by atoms with Crippen LogP contribution in [0.1, 0.15) is 17.2 Å². The van der Waals surface area contributed by atoms with Crippen LogP contribution in [0.25, 0.3) is 0 Å². The van der Waals surface area contributed by atoms with Gasteiger partial charge in [0.2, 0.25) is 0 Å². The van der Waals surface area contributed by atoms with E-state index in [2.05, 4.69) is 0 Å². The fraction of sp³-hybridized carbons (Fsp3) is 0.368. The molecule has 2 aromatic carbocycles. The molecule has 0 saturated carbocycles. The highest BCUT2D eigenvalue weighted by Crippen LogP contribution is 2.41. The lowest BCUT2D eigenvalue weighted by molar-refractivity contribution is -0.114. The van der Waals surface area contributed by atoms with Crippen molar-refractivity contribution in [3.05, 3.63) is 47.5 Å². The molecular formula is C19H22O6. The largest absolute Gasteiger partial charge is 0.497 e. The highest BCUT2D eigenvalue weighted by molar-refractivity contribution is 5.46. The van der Waals surface area contributed by atoms with E-state index in [0.29, 0.717) is 28.6 Å². The van der Waals surface area contributed by atoms with Crippen LogP contribution in [0.4, 0.5) is 0 Å². The second-order valence-corrected chi connectivity index (χ2v) is 6.06. The van der Waals surface area contributed by atoms with Crippen molar-refractivity contribution in [1.29, 1.82) is 0 Å². The standard InChI is InChI=1S/C19H22O6/c1-22-13-5-6-14-16(9-13)25-11-19(21,18(14)20)10-12-4-7-15(23-2)17(8-12)24-3/h4-9,18,20-21H,10-11H2,1-3H3/t18?,19-/m1/s1. The van der Waals surface area contributed by atoms with Gasteiger partial charge in [-0.1, -0.05) is 6.07 Å². The Kier molecular flexibility index (Phi) is 4.74. The van der Waals surface area contributed by atoms with E-state index in [1.165, 1.54) is 0 Å². The summed E-state index contributed by atoms with van der Waals surface area (Å²) in [7, 11) is 4.68. The quantitative estimate of drug-likeness (QED) is 0.863. The molecule has 134 valence electrons. The highest BCUT2D eigenvalue weighted by atomic mass is 16.5. The molecule has 6 nitrogen and oxygen atoms in total. The van der Waals surface area contributed by atoms with E-state index in [-0.39, 0.29) is 13.0 Å². The minimum Gasteiger partial charge on any atom is -0.497 e. The topological polar surface area (TPSA) is 77.4 Å². The first-order valence-electron chi connectivity index (χ1n) is 7.93. The fourth-order valence-corrected chi connectivity index (χ4v) is 3.06. The number of hydrogen-bond donors (Lipinski definition) is 2. The average Bonchev–Trinajstić information content (AvgIpc) is 2.64. The Morgan fingerprint density at radius 2 is 1.80 bits per heavy atom. The van der Waals surface area contributed by atoms with E-state index in [4.69, 9.17) is 18.9 Å².